The van der Waals surface area contributed by atoms with Gasteiger partial charge in [0.2, 0.25) is 0 Å². The van der Waals surface area contributed by atoms with Crippen LogP contribution in [0, 0.1) is 6.92 Å². The van der Waals surface area contributed by atoms with Gasteiger partial charge in [-0.25, -0.2) is 9.18 Å². The van der Waals surface area contributed by atoms with E-state index >= 15 is 0 Å². The third kappa shape index (κ3) is 3.65. The van der Waals surface area contributed by atoms with E-state index in [1.165, 1.54) is 0 Å². The Morgan fingerprint density at radius 3 is 2.37 bits per heavy atom. The van der Waals surface area contributed by atoms with Crippen LogP contribution in [0.25, 0.3) is 0 Å². The van der Waals surface area contributed by atoms with E-state index in [1.54, 1.807) is 42.5 Å². The summed E-state index contributed by atoms with van der Waals surface area (Å²) >= 11 is 0. The van der Waals surface area contributed by atoms with Gasteiger partial charge in [-0.3, -0.25) is 0 Å². The third-order valence-electron chi connectivity index (χ3n) is 2.81. The van der Waals surface area contributed by atoms with E-state index in [1.807, 2.05) is 19.1 Å². The van der Waals surface area contributed by atoms with E-state index in [4.69, 9.17) is 4.74 Å². The molecule has 1 atom stereocenters. The number of halogens is 1. The molecule has 98 valence electrons. The number of ether oxygens (including phenoxy) is 1. The maximum atomic E-state index is 13.9. The molecule has 0 aliphatic heterocycles. The smallest absolute Gasteiger partial charge is 0.338 e. The first-order valence-electron chi connectivity index (χ1n) is 6.09. The quantitative estimate of drug-likeness (QED) is 0.778. The molecule has 0 saturated heterocycles. The fourth-order valence-corrected chi connectivity index (χ4v) is 1.68. The van der Waals surface area contributed by atoms with Gasteiger partial charge in [-0.1, -0.05) is 48.0 Å². The van der Waals surface area contributed by atoms with Gasteiger partial charge in [0.25, 0.3) is 0 Å². The lowest BCUT2D eigenvalue weighted by molar-refractivity contribution is 0.0398. The van der Waals surface area contributed by atoms with Crippen molar-refractivity contribution in [2.24, 2.45) is 0 Å². The number of benzene rings is 2. The Labute approximate surface area is 111 Å². The number of carbonyl (C=O) groups excluding carboxylic acids is 1. The second kappa shape index (κ2) is 6.14. The number of hydrogen-bond donors (Lipinski definition) is 0. The standard InChI is InChI=1S/C16H15FO2/c1-12-7-9-13(10-8-12)15(17)11-19-16(18)14-5-3-2-4-6-14/h2-10,15H,11H2,1H3. The van der Waals surface area contributed by atoms with Gasteiger partial charge in [0.15, 0.2) is 6.17 Å². The molecule has 0 radical (unpaired) electrons. The van der Waals surface area contributed by atoms with Crippen LogP contribution >= 0.6 is 0 Å². The van der Waals surface area contributed by atoms with Crippen LogP contribution in [0.3, 0.4) is 0 Å². The monoisotopic (exact) mass is 258 g/mol. The van der Waals surface area contributed by atoms with Gasteiger partial charge in [-0.2, -0.15) is 0 Å². The Balaban J connectivity index is 1.92. The lowest BCUT2D eigenvalue weighted by Crippen LogP contribution is -2.10. The zero-order valence-corrected chi connectivity index (χ0v) is 10.7. The molecule has 3 heteroatoms. The lowest BCUT2D eigenvalue weighted by atomic mass is 10.1. The molecule has 0 bridgehead atoms. The van der Waals surface area contributed by atoms with Gasteiger partial charge in [-0.15, -0.1) is 0 Å². The van der Waals surface area contributed by atoms with Crippen molar-refractivity contribution < 1.29 is 13.9 Å². The predicted octanol–water partition coefficient (Wildman–Crippen LogP) is 3.86. The van der Waals surface area contributed by atoms with Gasteiger partial charge < -0.3 is 4.74 Å². The molecular weight excluding hydrogens is 243 g/mol. The van der Waals surface area contributed by atoms with Crippen LogP contribution in [-0.4, -0.2) is 12.6 Å². The van der Waals surface area contributed by atoms with Gasteiger partial charge in [0, 0.05) is 0 Å². The maximum Gasteiger partial charge on any atom is 0.338 e. The number of esters is 1. The van der Waals surface area contributed by atoms with Gasteiger partial charge >= 0.3 is 5.97 Å². The van der Waals surface area contributed by atoms with Crippen molar-refractivity contribution >= 4 is 5.97 Å². The van der Waals surface area contributed by atoms with Crippen molar-refractivity contribution in [3.8, 4) is 0 Å². The van der Waals surface area contributed by atoms with Crippen LogP contribution < -0.4 is 0 Å². The van der Waals surface area contributed by atoms with Crippen LogP contribution in [0.4, 0.5) is 4.39 Å². The minimum atomic E-state index is -1.30. The van der Waals surface area contributed by atoms with E-state index in [-0.39, 0.29) is 6.61 Å². The summed E-state index contributed by atoms with van der Waals surface area (Å²) in [7, 11) is 0. The second-order valence-corrected chi connectivity index (χ2v) is 4.34. The van der Waals surface area contributed by atoms with E-state index in [0.29, 0.717) is 11.1 Å². The Bertz CT molecular complexity index is 534. The van der Waals surface area contributed by atoms with Crippen molar-refractivity contribution in [3.63, 3.8) is 0 Å². The molecule has 0 heterocycles. The topological polar surface area (TPSA) is 26.3 Å². The molecule has 0 amide bonds. The summed E-state index contributed by atoms with van der Waals surface area (Å²) < 4.78 is 18.8. The second-order valence-electron chi connectivity index (χ2n) is 4.34. The van der Waals surface area contributed by atoms with Crippen molar-refractivity contribution in [1.82, 2.24) is 0 Å². The van der Waals surface area contributed by atoms with Gasteiger partial charge in [-0.05, 0) is 24.6 Å². The van der Waals surface area contributed by atoms with Crippen molar-refractivity contribution in [1.29, 1.82) is 0 Å². The minimum absolute atomic E-state index is 0.267. The predicted molar refractivity (Wildman–Crippen MR) is 71.8 cm³/mol. The third-order valence-corrected chi connectivity index (χ3v) is 2.81. The fraction of sp³-hybridized carbons (Fsp3) is 0.188. The summed E-state index contributed by atoms with van der Waals surface area (Å²) in [6, 6.07) is 15.6. The first kappa shape index (κ1) is 13.3. The number of alkyl halides is 1. The van der Waals surface area contributed by atoms with E-state index in [2.05, 4.69) is 0 Å². The van der Waals surface area contributed by atoms with Gasteiger partial charge in [0.05, 0.1) is 5.56 Å². The Kier molecular flexibility index (Phi) is 4.29. The average Bonchev–Trinajstić information content (AvgIpc) is 2.46. The maximum absolute atomic E-state index is 13.9. The zero-order chi connectivity index (χ0) is 13.7. The van der Waals surface area contributed by atoms with Crippen molar-refractivity contribution in [2.75, 3.05) is 6.61 Å². The molecule has 0 saturated carbocycles. The Morgan fingerprint density at radius 2 is 1.74 bits per heavy atom. The van der Waals surface area contributed by atoms with Crippen molar-refractivity contribution in [3.05, 3.63) is 71.3 Å². The highest BCUT2D eigenvalue weighted by Gasteiger charge is 2.13. The molecule has 2 aromatic rings. The average molecular weight is 258 g/mol. The molecule has 0 aromatic heterocycles. The summed E-state index contributed by atoms with van der Waals surface area (Å²) in [5, 5.41) is 0. The van der Waals surface area contributed by atoms with Gasteiger partial charge in [0.1, 0.15) is 6.61 Å². The molecule has 2 rings (SSSR count). The Hall–Kier alpha value is -2.16. The number of hydrogen-bond acceptors (Lipinski definition) is 2. The lowest BCUT2D eigenvalue weighted by Gasteiger charge is -2.10. The molecule has 0 fully saturated rings. The van der Waals surface area contributed by atoms with E-state index in [9.17, 15) is 9.18 Å². The summed E-state index contributed by atoms with van der Waals surface area (Å²) in [5.41, 5.74) is 2.02. The van der Waals surface area contributed by atoms with Crippen LogP contribution in [-0.2, 0) is 4.74 Å². The molecule has 0 aliphatic carbocycles. The molecule has 1 unspecified atom stereocenters. The van der Waals surface area contributed by atoms with Crippen molar-refractivity contribution in [2.45, 2.75) is 13.1 Å². The largest absolute Gasteiger partial charge is 0.459 e. The van der Waals surface area contributed by atoms with Crippen LogP contribution in [0.15, 0.2) is 54.6 Å². The zero-order valence-electron chi connectivity index (χ0n) is 10.7. The fourth-order valence-electron chi connectivity index (χ4n) is 1.68. The normalized spacial score (nSPS) is 11.9. The number of aryl methyl sites for hydroxylation is 1. The minimum Gasteiger partial charge on any atom is -0.459 e. The van der Waals surface area contributed by atoms with Crippen LogP contribution in [0.1, 0.15) is 27.7 Å². The summed E-state index contributed by atoms with van der Waals surface area (Å²) in [6.45, 7) is 1.67. The molecule has 0 spiro atoms. The molecule has 0 N–H and O–H groups in total. The number of carbonyl (C=O) groups is 1. The highest BCUT2D eigenvalue weighted by Crippen LogP contribution is 2.18. The molecule has 2 aromatic carbocycles. The Morgan fingerprint density at radius 1 is 1.11 bits per heavy atom. The summed E-state index contributed by atoms with van der Waals surface area (Å²) in [4.78, 5) is 11.6. The summed E-state index contributed by atoms with van der Waals surface area (Å²) in [6.07, 6.45) is -1.30. The van der Waals surface area contributed by atoms with Crippen LogP contribution in [0.2, 0.25) is 0 Å². The molecule has 2 nitrogen and oxygen atoms in total. The molecule has 19 heavy (non-hydrogen) atoms. The SMILES string of the molecule is Cc1ccc(C(F)COC(=O)c2ccccc2)cc1. The highest BCUT2D eigenvalue weighted by atomic mass is 19.1. The highest BCUT2D eigenvalue weighted by molar-refractivity contribution is 5.89. The van der Waals surface area contributed by atoms with Crippen LogP contribution in [0.5, 0.6) is 0 Å². The van der Waals surface area contributed by atoms with E-state index < -0.39 is 12.1 Å². The first-order valence-corrected chi connectivity index (χ1v) is 6.09. The first-order chi connectivity index (χ1) is 9.16. The molecule has 0 aliphatic rings. The molecular formula is C16H15FO2. The number of rotatable bonds is 4. The summed E-state index contributed by atoms with van der Waals surface area (Å²) in [5.74, 6) is -0.504. The van der Waals surface area contributed by atoms with E-state index in [0.717, 1.165) is 5.56 Å².